The minimum absolute atomic E-state index is 0.818. The predicted molar refractivity (Wildman–Crippen MR) is 40.6 cm³/mol. The number of hydrogen-bond donors (Lipinski definition) is 1. The lowest BCUT2D eigenvalue weighted by molar-refractivity contribution is -0.132. The molecule has 0 bridgehead atoms. The molecule has 0 spiro atoms. The molecule has 0 aromatic carbocycles. The van der Waals surface area contributed by atoms with Crippen LogP contribution in [0, 0.1) is 0 Å². The lowest BCUT2D eigenvalue weighted by atomic mass is 10.1. The first-order valence-corrected chi connectivity index (χ1v) is 3.62. The largest absolute Gasteiger partial charge is 0.503 e. The molecule has 0 atom stereocenters. The van der Waals surface area contributed by atoms with Crippen LogP contribution in [0.2, 0.25) is 0 Å². The van der Waals surface area contributed by atoms with Gasteiger partial charge in [0.25, 0.3) is 0 Å². The summed E-state index contributed by atoms with van der Waals surface area (Å²) in [7, 11) is 0. The normalized spacial score (nSPS) is 18.4. The average molecular weight is 227 g/mol. The van der Waals surface area contributed by atoms with Gasteiger partial charge in [0, 0.05) is 4.53 Å². The van der Waals surface area contributed by atoms with Crippen LogP contribution in [0.4, 0.5) is 4.53 Å². The van der Waals surface area contributed by atoms with Crippen LogP contribution in [-0.4, -0.2) is 16.7 Å². The molecule has 0 aromatic rings. The highest BCUT2D eigenvalue weighted by atomic mass is 35.5. The quantitative estimate of drug-likeness (QED) is 0.689. The Balaban J connectivity index is 3.29. The van der Waals surface area contributed by atoms with Gasteiger partial charge < -0.3 is 5.11 Å². The maximum atomic E-state index is 11.7. The Bertz CT molecular complexity index is 358. The summed E-state index contributed by atoms with van der Waals surface area (Å²) in [4.78, 5) is 24.8. The van der Waals surface area contributed by atoms with Gasteiger partial charge in [-0.2, -0.15) is 0 Å². The molecule has 1 aliphatic rings. The van der Waals surface area contributed by atoms with Crippen molar-refractivity contribution in [1.82, 2.24) is 0 Å². The van der Waals surface area contributed by atoms with Crippen LogP contribution in [0.1, 0.15) is 0 Å². The van der Waals surface area contributed by atoms with E-state index in [0.29, 0.717) is 0 Å². The summed E-state index contributed by atoms with van der Waals surface area (Å²) in [6.45, 7) is 0. The lowest BCUT2D eigenvalue weighted by Gasteiger charge is -2.09. The third-order valence-electron chi connectivity index (χ3n) is 1.30. The van der Waals surface area contributed by atoms with Crippen molar-refractivity contribution in [3.05, 3.63) is 21.6 Å². The van der Waals surface area contributed by atoms with Gasteiger partial charge in [0.1, 0.15) is 10.1 Å². The summed E-state index contributed by atoms with van der Waals surface area (Å²) in [5.74, 6) is -4.36. The molecule has 0 saturated heterocycles. The van der Waals surface area contributed by atoms with Gasteiger partial charge in [-0.25, -0.2) is 0 Å². The first kappa shape index (κ1) is 10.0. The maximum Gasteiger partial charge on any atom is 0.249 e. The van der Waals surface area contributed by atoms with Crippen molar-refractivity contribution in [2.75, 3.05) is 0 Å². The topological polar surface area (TPSA) is 63.6 Å². The van der Waals surface area contributed by atoms with Gasteiger partial charge in [-0.05, 0) is 0 Å². The molecule has 0 unspecified atom stereocenters. The Morgan fingerprint density at radius 1 is 1.15 bits per heavy atom. The van der Waals surface area contributed by atoms with Crippen molar-refractivity contribution < 1.29 is 24.2 Å². The fraction of sp³-hybridized carbons (Fsp3) is 0. The molecule has 0 aliphatic heterocycles. The van der Waals surface area contributed by atoms with E-state index < -0.39 is 33.1 Å². The van der Waals surface area contributed by atoms with Gasteiger partial charge in [-0.3, -0.25) is 14.5 Å². The van der Waals surface area contributed by atoms with Gasteiger partial charge in [0.2, 0.25) is 17.3 Å². The van der Waals surface area contributed by atoms with Crippen molar-refractivity contribution in [2.45, 2.75) is 0 Å². The smallest absolute Gasteiger partial charge is 0.249 e. The standard InChI is InChI=1S/C6HCl2FO4/c7-1-3(10)4(11)2(8)6(13-9)5(1)12/h10H. The number of halogens is 3. The number of aliphatic hydroxyl groups is 1. The van der Waals surface area contributed by atoms with Crippen LogP contribution in [-0.2, 0) is 14.5 Å². The van der Waals surface area contributed by atoms with Crippen molar-refractivity contribution in [1.29, 1.82) is 0 Å². The summed E-state index contributed by atoms with van der Waals surface area (Å²) < 4.78 is 11.7. The maximum absolute atomic E-state index is 11.7. The van der Waals surface area contributed by atoms with E-state index in [4.69, 9.17) is 28.3 Å². The molecule has 1 rings (SSSR count). The van der Waals surface area contributed by atoms with E-state index in [-0.39, 0.29) is 0 Å². The third kappa shape index (κ3) is 1.40. The number of carbonyl (C=O) groups is 2. The Morgan fingerprint density at radius 3 is 2.15 bits per heavy atom. The molecule has 0 saturated carbocycles. The summed E-state index contributed by atoms with van der Waals surface area (Å²) in [5.41, 5.74) is 0. The third-order valence-corrected chi connectivity index (χ3v) is 2.00. The molecule has 0 amide bonds. The highest BCUT2D eigenvalue weighted by Gasteiger charge is 2.35. The molecule has 1 N–H and O–H groups in total. The Morgan fingerprint density at radius 2 is 1.69 bits per heavy atom. The van der Waals surface area contributed by atoms with Crippen LogP contribution >= 0.6 is 23.2 Å². The Kier molecular flexibility index (Phi) is 2.58. The zero-order valence-corrected chi connectivity index (χ0v) is 7.32. The summed E-state index contributed by atoms with van der Waals surface area (Å²) >= 11 is 10.4. The first-order valence-electron chi connectivity index (χ1n) is 2.87. The van der Waals surface area contributed by atoms with E-state index in [0.717, 1.165) is 0 Å². The molecule has 0 fully saturated rings. The van der Waals surface area contributed by atoms with Crippen molar-refractivity contribution in [3.8, 4) is 0 Å². The van der Waals surface area contributed by atoms with Gasteiger partial charge in [-0.1, -0.05) is 23.2 Å². The number of aliphatic hydroxyl groups excluding tert-OH is 1. The fourth-order valence-electron chi connectivity index (χ4n) is 0.683. The number of rotatable bonds is 1. The molecule has 0 heterocycles. The molecular formula is C6HCl2FO4. The van der Waals surface area contributed by atoms with Crippen molar-refractivity contribution in [2.24, 2.45) is 0 Å². The molecule has 1 aliphatic carbocycles. The fourth-order valence-corrected chi connectivity index (χ4v) is 1.06. The van der Waals surface area contributed by atoms with E-state index in [1.54, 1.807) is 0 Å². The average Bonchev–Trinajstić information content (AvgIpc) is 2.13. The number of allylic oxidation sites excluding steroid dienone is 2. The second kappa shape index (κ2) is 3.35. The Labute approximate surface area is 81.1 Å². The predicted octanol–water partition coefficient (Wildman–Crippen LogP) is 1.50. The summed E-state index contributed by atoms with van der Waals surface area (Å²) in [5, 5.41) is 7.22. The second-order valence-electron chi connectivity index (χ2n) is 2.04. The molecule has 4 nitrogen and oxygen atoms in total. The van der Waals surface area contributed by atoms with E-state index >= 15 is 0 Å². The van der Waals surface area contributed by atoms with Crippen LogP contribution in [0.25, 0.3) is 0 Å². The van der Waals surface area contributed by atoms with E-state index in [1.165, 1.54) is 0 Å². The molecule has 0 aromatic heterocycles. The van der Waals surface area contributed by atoms with E-state index in [9.17, 15) is 14.1 Å². The zero-order chi connectivity index (χ0) is 10.2. The monoisotopic (exact) mass is 226 g/mol. The summed E-state index contributed by atoms with van der Waals surface area (Å²) in [6, 6.07) is 0. The van der Waals surface area contributed by atoms with Crippen LogP contribution in [0.3, 0.4) is 0 Å². The highest BCUT2D eigenvalue weighted by Crippen LogP contribution is 2.28. The lowest BCUT2D eigenvalue weighted by Crippen LogP contribution is -2.20. The molecule has 0 radical (unpaired) electrons. The molecular weight excluding hydrogens is 226 g/mol. The van der Waals surface area contributed by atoms with Gasteiger partial charge in [-0.15, -0.1) is 0 Å². The SMILES string of the molecule is O=C1C(O)=C(Cl)C(=O)C(OF)=C1Cl. The van der Waals surface area contributed by atoms with Crippen LogP contribution < -0.4 is 0 Å². The number of Topliss-reactive ketones (excluding diaryl/α,β-unsaturated/α-hetero) is 2. The zero-order valence-electron chi connectivity index (χ0n) is 5.81. The number of carbonyl (C=O) groups excluding carboxylic acids is 2. The van der Waals surface area contributed by atoms with Gasteiger partial charge in [0.15, 0.2) is 5.76 Å². The van der Waals surface area contributed by atoms with E-state index in [1.807, 2.05) is 0 Å². The van der Waals surface area contributed by atoms with Gasteiger partial charge >= 0.3 is 0 Å². The van der Waals surface area contributed by atoms with Crippen molar-refractivity contribution >= 4 is 34.8 Å². The molecule has 70 valence electrons. The number of ketones is 2. The van der Waals surface area contributed by atoms with Crippen molar-refractivity contribution in [3.63, 3.8) is 0 Å². The number of hydrogen-bond acceptors (Lipinski definition) is 4. The minimum Gasteiger partial charge on any atom is -0.503 e. The van der Waals surface area contributed by atoms with Crippen LogP contribution in [0.5, 0.6) is 0 Å². The molecule has 7 heteroatoms. The van der Waals surface area contributed by atoms with Gasteiger partial charge in [0.05, 0.1) is 0 Å². The molecule has 13 heavy (non-hydrogen) atoms. The Hall–Kier alpha value is -1.07. The summed E-state index contributed by atoms with van der Waals surface area (Å²) in [6.07, 6.45) is 0. The minimum atomic E-state index is -1.17. The van der Waals surface area contributed by atoms with Crippen LogP contribution in [0.15, 0.2) is 21.6 Å². The second-order valence-corrected chi connectivity index (χ2v) is 2.80. The van der Waals surface area contributed by atoms with E-state index in [2.05, 4.69) is 4.94 Å². The first-order chi connectivity index (χ1) is 6.00. The highest BCUT2D eigenvalue weighted by molar-refractivity contribution is 6.55.